The number of carbonyl (C=O) groups is 1. The van der Waals surface area contributed by atoms with Crippen molar-refractivity contribution >= 4 is 18.4 Å². The lowest BCUT2D eigenvalue weighted by Gasteiger charge is -2.04. The van der Waals surface area contributed by atoms with Gasteiger partial charge in [0.2, 0.25) is 0 Å². The van der Waals surface area contributed by atoms with Crippen LogP contribution in [0.15, 0.2) is 6.07 Å². The smallest absolute Gasteiger partial charge is 0.150 e. The molecule has 1 rings (SSSR count). The molecule has 0 saturated carbocycles. The maximum absolute atomic E-state index is 10.8. The molecule has 0 N–H and O–H groups in total. The Labute approximate surface area is 98.5 Å². The van der Waals surface area contributed by atoms with Crippen LogP contribution in [-0.4, -0.2) is 6.29 Å². The number of rotatable bonds is 1. The summed E-state index contributed by atoms with van der Waals surface area (Å²) in [5.74, 6) is 0. The van der Waals surface area contributed by atoms with Crippen LogP contribution in [0.5, 0.6) is 0 Å². The van der Waals surface area contributed by atoms with E-state index in [-0.39, 0.29) is 0 Å². The third-order valence-corrected chi connectivity index (χ3v) is 2.63. The fourth-order valence-corrected chi connectivity index (χ4v) is 1.87. The van der Waals surface area contributed by atoms with Gasteiger partial charge in [-0.1, -0.05) is 26.0 Å². The van der Waals surface area contributed by atoms with E-state index in [0.717, 1.165) is 23.0 Å². The number of aldehydes is 1. The highest BCUT2D eigenvalue weighted by Gasteiger charge is 2.01. The standard InChI is InChI=1S/C13H16O.C2H6/c1-5-12-9(3)7-11(8-14)10(4)13(12)6-2;1-2/h5-8H,1-4H3;1-2H3/b12-5-,13-6-;. The Balaban J connectivity index is 0.00000106. The van der Waals surface area contributed by atoms with Gasteiger partial charge in [-0.05, 0) is 55.3 Å². The Hall–Kier alpha value is -1.37. The highest BCUT2D eigenvalue weighted by molar-refractivity contribution is 5.77. The molecule has 0 heterocycles. The second kappa shape index (κ2) is 7.00. The molecule has 1 aromatic rings. The molecule has 0 aromatic heterocycles. The zero-order valence-corrected chi connectivity index (χ0v) is 11.2. The molecule has 0 amide bonds. The fraction of sp³-hybridized carbons (Fsp3) is 0.400. The zero-order chi connectivity index (χ0) is 12.7. The van der Waals surface area contributed by atoms with Crippen LogP contribution in [0, 0.1) is 13.8 Å². The summed E-state index contributed by atoms with van der Waals surface area (Å²) in [4.78, 5) is 10.8. The van der Waals surface area contributed by atoms with Crippen LogP contribution in [0.25, 0.3) is 12.2 Å². The molecule has 0 spiro atoms. The van der Waals surface area contributed by atoms with Crippen LogP contribution in [0.3, 0.4) is 0 Å². The molecule has 0 saturated heterocycles. The van der Waals surface area contributed by atoms with E-state index in [1.807, 2.05) is 47.6 Å². The maximum Gasteiger partial charge on any atom is 0.150 e. The van der Waals surface area contributed by atoms with Gasteiger partial charge in [-0.15, -0.1) is 0 Å². The number of carbonyl (C=O) groups excluding carboxylic acids is 1. The predicted molar refractivity (Wildman–Crippen MR) is 72.2 cm³/mol. The lowest BCUT2D eigenvalue weighted by atomic mass is 10.0. The largest absolute Gasteiger partial charge is 0.298 e. The average molecular weight is 218 g/mol. The quantitative estimate of drug-likeness (QED) is 0.662. The Morgan fingerprint density at radius 2 is 1.50 bits per heavy atom. The van der Waals surface area contributed by atoms with Crippen molar-refractivity contribution in [3.8, 4) is 0 Å². The first kappa shape index (κ1) is 14.6. The second-order valence-electron chi connectivity index (χ2n) is 3.43. The molecule has 0 fully saturated rings. The lowest BCUT2D eigenvalue weighted by Crippen LogP contribution is -2.30. The summed E-state index contributed by atoms with van der Waals surface area (Å²) >= 11 is 0. The molecule has 0 atom stereocenters. The van der Waals surface area contributed by atoms with E-state index in [9.17, 15) is 4.79 Å². The van der Waals surface area contributed by atoms with E-state index in [0.29, 0.717) is 0 Å². The number of hydrogen-bond acceptors (Lipinski definition) is 1. The van der Waals surface area contributed by atoms with Crippen molar-refractivity contribution in [1.82, 2.24) is 0 Å². The highest BCUT2D eigenvalue weighted by atomic mass is 16.1. The van der Waals surface area contributed by atoms with Crippen molar-refractivity contribution in [2.75, 3.05) is 0 Å². The summed E-state index contributed by atoms with van der Waals surface area (Å²) in [5.41, 5.74) is 3.02. The molecule has 1 heteroatoms. The van der Waals surface area contributed by atoms with E-state index in [1.54, 1.807) is 0 Å². The highest BCUT2D eigenvalue weighted by Crippen LogP contribution is 1.99. The second-order valence-corrected chi connectivity index (χ2v) is 3.43. The van der Waals surface area contributed by atoms with E-state index < -0.39 is 0 Å². The fourth-order valence-electron chi connectivity index (χ4n) is 1.87. The number of benzene rings is 1. The van der Waals surface area contributed by atoms with Crippen LogP contribution in [-0.2, 0) is 0 Å². The molecule has 0 aliphatic heterocycles. The van der Waals surface area contributed by atoms with Gasteiger partial charge in [0.05, 0.1) is 0 Å². The molecular formula is C15H22O. The van der Waals surface area contributed by atoms with Gasteiger partial charge in [-0.25, -0.2) is 0 Å². The van der Waals surface area contributed by atoms with Gasteiger partial charge in [0.15, 0.2) is 0 Å². The summed E-state index contributed by atoms with van der Waals surface area (Å²) < 4.78 is 0. The lowest BCUT2D eigenvalue weighted by molar-refractivity contribution is 0.112. The molecule has 0 aliphatic rings. The molecule has 0 radical (unpaired) electrons. The van der Waals surface area contributed by atoms with E-state index in [1.165, 1.54) is 10.4 Å². The molecule has 0 aliphatic carbocycles. The van der Waals surface area contributed by atoms with Gasteiger partial charge >= 0.3 is 0 Å². The maximum atomic E-state index is 10.8. The Kier molecular flexibility index (Phi) is 6.40. The Morgan fingerprint density at radius 3 is 1.88 bits per heavy atom. The van der Waals surface area contributed by atoms with Crippen molar-refractivity contribution in [2.24, 2.45) is 0 Å². The first-order valence-electron chi connectivity index (χ1n) is 5.83. The van der Waals surface area contributed by atoms with Crippen LogP contribution in [0.2, 0.25) is 0 Å². The molecule has 0 bridgehead atoms. The minimum absolute atomic E-state index is 0.793. The topological polar surface area (TPSA) is 17.1 Å². The molecule has 1 nitrogen and oxygen atoms in total. The SMILES string of the molecule is C/C=c1/c(C)cc(C=O)c(C)/c1=C/C.CC. The third-order valence-electron chi connectivity index (χ3n) is 2.63. The molecule has 1 aromatic carbocycles. The van der Waals surface area contributed by atoms with E-state index in [4.69, 9.17) is 0 Å². The number of aryl methyl sites for hydroxylation is 1. The molecular weight excluding hydrogens is 196 g/mol. The predicted octanol–water partition coefficient (Wildman–Crippen LogP) is 2.74. The molecule has 88 valence electrons. The third kappa shape index (κ3) is 2.82. The normalized spacial score (nSPS) is 12.1. The molecule has 0 unspecified atom stereocenters. The van der Waals surface area contributed by atoms with Crippen molar-refractivity contribution in [1.29, 1.82) is 0 Å². The van der Waals surface area contributed by atoms with Crippen LogP contribution >= 0.6 is 0 Å². The van der Waals surface area contributed by atoms with Gasteiger partial charge in [0, 0.05) is 5.56 Å². The summed E-state index contributed by atoms with van der Waals surface area (Å²) in [7, 11) is 0. The van der Waals surface area contributed by atoms with Crippen molar-refractivity contribution in [3.05, 3.63) is 33.2 Å². The van der Waals surface area contributed by atoms with Crippen molar-refractivity contribution in [3.63, 3.8) is 0 Å². The summed E-state index contributed by atoms with van der Waals surface area (Å²) in [5, 5.41) is 2.41. The Morgan fingerprint density at radius 1 is 1.00 bits per heavy atom. The monoisotopic (exact) mass is 218 g/mol. The molecule has 16 heavy (non-hydrogen) atoms. The van der Waals surface area contributed by atoms with Gasteiger partial charge in [-0.3, -0.25) is 4.79 Å². The van der Waals surface area contributed by atoms with Crippen LogP contribution in [0.1, 0.15) is 49.2 Å². The van der Waals surface area contributed by atoms with E-state index >= 15 is 0 Å². The minimum Gasteiger partial charge on any atom is -0.298 e. The summed E-state index contributed by atoms with van der Waals surface area (Å²) in [6.45, 7) is 12.1. The van der Waals surface area contributed by atoms with Crippen molar-refractivity contribution in [2.45, 2.75) is 41.5 Å². The van der Waals surface area contributed by atoms with Gasteiger partial charge in [0.1, 0.15) is 6.29 Å². The van der Waals surface area contributed by atoms with Gasteiger partial charge in [0.25, 0.3) is 0 Å². The first-order valence-corrected chi connectivity index (χ1v) is 5.83. The Bertz CT molecular complexity index is 467. The minimum atomic E-state index is 0.793. The van der Waals surface area contributed by atoms with Gasteiger partial charge < -0.3 is 0 Å². The van der Waals surface area contributed by atoms with Crippen LogP contribution in [0.4, 0.5) is 0 Å². The van der Waals surface area contributed by atoms with Crippen LogP contribution < -0.4 is 10.4 Å². The van der Waals surface area contributed by atoms with Crippen molar-refractivity contribution < 1.29 is 4.79 Å². The summed E-state index contributed by atoms with van der Waals surface area (Å²) in [6, 6.07) is 1.95. The number of hydrogen-bond donors (Lipinski definition) is 0. The summed E-state index contributed by atoms with van der Waals surface area (Å²) in [6.07, 6.45) is 5.08. The van der Waals surface area contributed by atoms with Gasteiger partial charge in [-0.2, -0.15) is 0 Å². The average Bonchev–Trinajstić information content (AvgIpc) is 2.33. The first-order chi connectivity index (χ1) is 7.65. The zero-order valence-electron chi connectivity index (χ0n) is 11.2. The van der Waals surface area contributed by atoms with E-state index in [2.05, 4.69) is 12.2 Å².